The number of halogens is 1. The van der Waals surface area contributed by atoms with E-state index in [0.29, 0.717) is 30.3 Å². The molecule has 1 saturated heterocycles. The molecular weight excluding hydrogens is 529 g/mol. The van der Waals surface area contributed by atoms with Crippen molar-refractivity contribution < 1.29 is 33.0 Å². The lowest BCUT2D eigenvalue weighted by Gasteiger charge is -2.29. The Morgan fingerprint density at radius 3 is 2.73 bits per heavy atom. The molecule has 4 bridgehead atoms. The van der Waals surface area contributed by atoms with Crippen molar-refractivity contribution in [2.24, 2.45) is 11.8 Å². The molecular formula is C31H34FN3O6. The maximum atomic E-state index is 14.1. The average molecular weight is 564 g/mol. The molecule has 1 fully saturated rings. The van der Waals surface area contributed by atoms with Gasteiger partial charge in [-0.1, -0.05) is 31.2 Å². The van der Waals surface area contributed by atoms with Gasteiger partial charge in [0.1, 0.15) is 18.2 Å². The van der Waals surface area contributed by atoms with Crippen LogP contribution in [0.5, 0.6) is 0 Å². The van der Waals surface area contributed by atoms with Crippen LogP contribution in [0.1, 0.15) is 36.5 Å². The van der Waals surface area contributed by atoms with E-state index >= 15 is 0 Å². The number of ether oxygens (including phenoxy) is 2. The molecule has 2 amide bonds. The molecule has 2 aromatic carbocycles. The highest BCUT2D eigenvalue weighted by Crippen LogP contribution is 2.30. The summed E-state index contributed by atoms with van der Waals surface area (Å²) in [6, 6.07) is 11.0. The standard InChI is InChI=1S/C31H34FN3O6/c1-18-10-19-4-3-5-20(11-19)15-34-28(37)17-41-27-8-9-35(29(27)31(39)40-2)30(38)21(13-26(18)36)12-22-16-33-25-7-6-23(32)14-24(22)25/h3-7,11,14,16,18,21,27,29,33H,8-10,12-13,15,17H2,1-2H3,(H,34,37)/t18-,21+,27-,29-/m0/s1. The Hall–Kier alpha value is -4.05. The summed E-state index contributed by atoms with van der Waals surface area (Å²) < 4.78 is 25.0. The first-order chi connectivity index (χ1) is 19.7. The van der Waals surface area contributed by atoms with Crippen LogP contribution in [-0.4, -0.2) is 65.9 Å². The monoisotopic (exact) mass is 563 g/mol. The quantitative estimate of drug-likeness (QED) is 0.473. The number of ketones is 1. The number of nitrogens with zero attached hydrogens (tertiary/aromatic N) is 1. The molecule has 0 aliphatic carbocycles. The molecule has 2 aliphatic rings. The van der Waals surface area contributed by atoms with Crippen molar-refractivity contribution in [2.45, 2.75) is 51.3 Å². The Morgan fingerprint density at radius 2 is 1.93 bits per heavy atom. The summed E-state index contributed by atoms with van der Waals surface area (Å²) in [6.45, 7) is 2.06. The van der Waals surface area contributed by atoms with Crippen molar-refractivity contribution in [3.63, 3.8) is 0 Å². The summed E-state index contributed by atoms with van der Waals surface area (Å²) in [7, 11) is 1.24. The lowest BCUT2D eigenvalue weighted by Crippen LogP contribution is -2.49. The normalized spacial score (nSPS) is 24.3. The molecule has 1 aromatic heterocycles. The van der Waals surface area contributed by atoms with Gasteiger partial charge in [0.2, 0.25) is 11.8 Å². The summed E-state index contributed by atoms with van der Waals surface area (Å²) in [5, 5.41) is 3.46. The van der Waals surface area contributed by atoms with Gasteiger partial charge >= 0.3 is 5.97 Å². The Kier molecular flexibility index (Phi) is 8.49. The van der Waals surface area contributed by atoms with Gasteiger partial charge < -0.3 is 24.7 Å². The smallest absolute Gasteiger partial charge is 0.331 e. The van der Waals surface area contributed by atoms with Crippen LogP contribution in [0.25, 0.3) is 10.9 Å². The van der Waals surface area contributed by atoms with E-state index in [0.717, 1.165) is 16.6 Å². The highest BCUT2D eigenvalue weighted by Gasteiger charge is 2.45. The zero-order valence-electron chi connectivity index (χ0n) is 23.2. The van der Waals surface area contributed by atoms with E-state index in [1.165, 1.54) is 24.1 Å². The minimum absolute atomic E-state index is 0.0440. The molecule has 2 N–H and O–H groups in total. The van der Waals surface area contributed by atoms with Crippen LogP contribution in [0.4, 0.5) is 4.39 Å². The number of carbonyl (C=O) groups excluding carboxylic acids is 4. The van der Waals surface area contributed by atoms with E-state index in [4.69, 9.17) is 9.47 Å². The number of esters is 1. The summed E-state index contributed by atoms with van der Waals surface area (Å²) in [5.41, 5.74) is 3.26. The predicted octanol–water partition coefficient (Wildman–Crippen LogP) is 3.09. The third-order valence-corrected chi connectivity index (χ3v) is 8.06. The Morgan fingerprint density at radius 1 is 1.12 bits per heavy atom. The van der Waals surface area contributed by atoms with Crippen molar-refractivity contribution in [3.05, 3.63) is 71.2 Å². The summed E-state index contributed by atoms with van der Waals surface area (Å²) in [5.74, 6) is -3.04. The second-order valence-corrected chi connectivity index (χ2v) is 10.9. The number of hydrogen-bond acceptors (Lipinski definition) is 6. The summed E-state index contributed by atoms with van der Waals surface area (Å²) >= 11 is 0. The fraction of sp³-hybridized carbons (Fsp3) is 0.419. The van der Waals surface area contributed by atoms with Crippen molar-refractivity contribution in [2.75, 3.05) is 20.3 Å². The van der Waals surface area contributed by atoms with Gasteiger partial charge in [-0.3, -0.25) is 14.4 Å². The average Bonchev–Trinajstić information content (AvgIpc) is 3.57. The first kappa shape index (κ1) is 28.5. The second-order valence-electron chi connectivity index (χ2n) is 10.9. The number of aromatic amines is 1. The summed E-state index contributed by atoms with van der Waals surface area (Å²) in [6.07, 6.45) is 1.92. The molecule has 2 aliphatic heterocycles. The molecule has 3 heterocycles. The number of Topliss-reactive ketones (excluding diaryl/α,β-unsaturated/α-hetero) is 1. The number of fused-ring (bicyclic) bond motifs is 5. The number of carbonyl (C=O) groups is 4. The van der Waals surface area contributed by atoms with Gasteiger partial charge in [0, 0.05) is 48.4 Å². The minimum atomic E-state index is -1.05. The topological polar surface area (TPSA) is 118 Å². The van der Waals surface area contributed by atoms with Crippen LogP contribution in [-0.2, 0) is 48.0 Å². The van der Waals surface area contributed by atoms with Crippen LogP contribution in [0, 0.1) is 17.7 Å². The number of rotatable bonds is 3. The number of H-pyrrole nitrogens is 1. The van der Waals surface area contributed by atoms with Gasteiger partial charge in [0.25, 0.3) is 0 Å². The highest BCUT2D eigenvalue weighted by atomic mass is 19.1. The number of hydrogen-bond donors (Lipinski definition) is 2. The molecule has 0 spiro atoms. The van der Waals surface area contributed by atoms with E-state index in [2.05, 4.69) is 10.3 Å². The van der Waals surface area contributed by atoms with Crippen molar-refractivity contribution in [3.8, 4) is 0 Å². The van der Waals surface area contributed by atoms with E-state index < -0.39 is 29.9 Å². The summed E-state index contributed by atoms with van der Waals surface area (Å²) in [4.78, 5) is 57.7. The fourth-order valence-electron chi connectivity index (χ4n) is 5.86. The molecule has 0 saturated carbocycles. The SMILES string of the molecule is COC(=O)[C@@H]1[C@@H]2CCN1C(=O)[C@H](Cc1c[nH]c3ccc(F)cc13)CC(=O)[C@@H](C)Cc1cccc(c1)CNC(=O)CO2. The minimum Gasteiger partial charge on any atom is -0.467 e. The molecule has 9 nitrogen and oxygen atoms in total. The largest absolute Gasteiger partial charge is 0.467 e. The van der Waals surface area contributed by atoms with E-state index in [-0.39, 0.29) is 49.5 Å². The number of benzene rings is 2. The molecule has 10 heteroatoms. The third-order valence-electron chi connectivity index (χ3n) is 8.06. The van der Waals surface area contributed by atoms with Gasteiger partial charge in [-0.15, -0.1) is 0 Å². The zero-order valence-corrected chi connectivity index (χ0v) is 23.2. The predicted molar refractivity (Wildman–Crippen MR) is 148 cm³/mol. The van der Waals surface area contributed by atoms with E-state index in [1.54, 1.807) is 12.3 Å². The van der Waals surface area contributed by atoms with Crippen molar-refractivity contribution >= 4 is 34.5 Å². The molecule has 41 heavy (non-hydrogen) atoms. The lowest BCUT2D eigenvalue weighted by atomic mass is 9.86. The molecule has 216 valence electrons. The molecule has 4 atom stereocenters. The number of methoxy groups -OCH3 is 1. The van der Waals surface area contributed by atoms with Crippen molar-refractivity contribution in [1.29, 1.82) is 0 Å². The molecule has 0 unspecified atom stereocenters. The first-order valence-corrected chi connectivity index (χ1v) is 13.9. The molecule has 5 rings (SSSR count). The van der Waals surface area contributed by atoms with Gasteiger partial charge in [-0.25, -0.2) is 9.18 Å². The Balaban J connectivity index is 1.50. The van der Waals surface area contributed by atoms with Gasteiger partial charge in [-0.2, -0.15) is 0 Å². The van der Waals surface area contributed by atoms with Crippen LogP contribution in [0.3, 0.4) is 0 Å². The van der Waals surface area contributed by atoms with Crippen LogP contribution in [0.15, 0.2) is 48.7 Å². The number of aromatic nitrogens is 1. The first-order valence-electron chi connectivity index (χ1n) is 13.9. The highest BCUT2D eigenvalue weighted by molar-refractivity contribution is 5.92. The van der Waals surface area contributed by atoms with Crippen molar-refractivity contribution in [1.82, 2.24) is 15.2 Å². The molecule has 0 radical (unpaired) electrons. The zero-order chi connectivity index (χ0) is 29.1. The Labute approximate surface area is 237 Å². The maximum Gasteiger partial charge on any atom is 0.331 e. The van der Waals surface area contributed by atoms with Crippen LogP contribution in [0.2, 0.25) is 0 Å². The number of nitrogens with one attached hydrogen (secondary N) is 2. The van der Waals surface area contributed by atoms with Gasteiger partial charge in [0.05, 0.1) is 13.2 Å². The third kappa shape index (κ3) is 6.32. The number of amides is 2. The van der Waals surface area contributed by atoms with Crippen LogP contribution >= 0.6 is 0 Å². The van der Waals surface area contributed by atoms with Crippen LogP contribution < -0.4 is 5.32 Å². The lowest BCUT2D eigenvalue weighted by molar-refractivity contribution is -0.157. The maximum absolute atomic E-state index is 14.1. The van der Waals surface area contributed by atoms with E-state index in [9.17, 15) is 23.6 Å². The Bertz CT molecular complexity index is 1470. The van der Waals surface area contributed by atoms with Gasteiger partial charge in [-0.05, 0) is 54.2 Å². The van der Waals surface area contributed by atoms with E-state index in [1.807, 2.05) is 31.2 Å². The fourth-order valence-corrected chi connectivity index (χ4v) is 5.86. The van der Waals surface area contributed by atoms with Gasteiger partial charge in [0.15, 0.2) is 6.04 Å². The second kappa shape index (κ2) is 12.2. The molecule has 3 aromatic rings.